The standard InChI is InChI=1S/C19H24N2O2/c1-13-10-11-18(23-4)17(12-13)21-19(22)15(3)20-14(2)16-8-6-5-7-9-16/h5-12,14-15,20H,1-4H3,(H,21,22)/t14-,15-/m1/s1. The Labute approximate surface area is 137 Å². The van der Waals surface area contributed by atoms with Crippen molar-refractivity contribution in [1.82, 2.24) is 5.32 Å². The highest BCUT2D eigenvalue weighted by Crippen LogP contribution is 2.25. The van der Waals surface area contributed by atoms with E-state index in [0.29, 0.717) is 11.4 Å². The fourth-order valence-electron chi connectivity index (χ4n) is 2.45. The Morgan fingerprint density at radius 1 is 1.09 bits per heavy atom. The molecule has 0 fully saturated rings. The minimum Gasteiger partial charge on any atom is -0.495 e. The Balaban J connectivity index is 2.02. The normalized spacial score (nSPS) is 13.2. The number of methoxy groups -OCH3 is 1. The molecule has 0 saturated heterocycles. The summed E-state index contributed by atoms with van der Waals surface area (Å²) >= 11 is 0. The van der Waals surface area contributed by atoms with Crippen molar-refractivity contribution in [2.24, 2.45) is 0 Å². The molecule has 23 heavy (non-hydrogen) atoms. The van der Waals surface area contributed by atoms with E-state index in [4.69, 9.17) is 4.74 Å². The number of rotatable bonds is 6. The predicted molar refractivity (Wildman–Crippen MR) is 93.8 cm³/mol. The van der Waals surface area contributed by atoms with E-state index in [9.17, 15) is 4.79 Å². The fourth-order valence-corrected chi connectivity index (χ4v) is 2.45. The number of carbonyl (C=O) groups is 1. The van der Waals surface area contributed by atoms with Crippen LogP contribution in [-0.2, 0) is 4.79 Å². The van der Waals surface area contributed by atoms with Gasteiger partial charge in [-0.05, 0) is 44.0 Å². The first-order valence-corrected chi connectivity index (χ1v) is 7.77. The number of carbonyl (C=O) groups excluding carboxylic acids is 1. The number of anilines is 1. The number of benzene rings is 2. The van der Waals surface area contributed by atoms with E-state index < -0.39 is 0 Å². The molecule has 4 heteroatoms. The SMILES string of the molecule is COc1ccc(C)cc1NC(=O)[C@@H](C)N[C@H](C)c1ccccc1. The van der Waals surface area contributed by atoms with Crippen LogP contribution in [0.2, 0.25) is 0 Å². The molecule has 2 aromatic carbocycles. The summed E-state index contributed by atoms with van der Waals surface area (Å²) in [5, 5.41) is 6.25. The number of ether oxygens (including phenoxy) is 1. The average Bonchev–Trinajstić information content (AvgIpc) is 2.55. The maximum Gasteiger partial charge on any atom is 0.241 e. The van der Waals surface area contributed by atoms with Crippen LogP contribution in [0.25, 0.3) is 0 Å². The van der Waals surface area contributed by atoms with Crippen molar-refractivity contribution in [2.75, 3.05) is 12.4 Å². The van der Waals surface area contributed by atoms with Gasteiger partial charge in [0.15, 0.2) is 0 Å². The molecule has 1 amide bonds. The molecule has 0 saturated carbocycles. The maximum absolute atomic E-state index is 12.4. The highest BCUT2D eigenvalue weighted by molar-refractivity contribution is 5.96. The Hall–Kier alpha value is -2.33. The first-order valence-electron chi connectivity index (χ1n) is 7.77. The van der Waals surface area contributed by atoms with Crippen LogP contribution in [0.15, 0.2) is 48.5 Å². The summed E-state index contributed by atoms with van der Waals surface area (Å²) in [6.07, 6.45) is 0. The van der Waals surface area contributed by atoms with Gasteiger partial charge in [0.25, 0.3) is 0 Å². The molecule has 2 atom stereocenters. The van der Waals surface area contributed by atoms with E-state index in [-0.39, 0.29) is 18.0 Å². The average molecular weight is 312 g/mol. The second-order valence-electron chi connectivity index (χ2n) is 5.71. The van der Waals surface area contributed by atoms with Gasteiger partial charge in [-0.1, -0.05) is 36.4 Å². The Morgan fingerprint density at radius 2 is 1.78 bits per heavy atom. The van der Waals surface area contributed by atoms with E-state index in [0.717, 1.165) is 11.1 Å². The Kier molecular flexibility index (Phi) is 5.77. The summed E-state index contributed by atoms with van der Waals surface area (Å²) in [6, 6.07) is 15.6. The van der Waals surface area contributed by atoms with E-state index in [1.165, 1.54) is 0 Å². The molecule has 0 heterocycles. The summed E-state index contributed by atoms with van der Waals surface area (Å²) in [4.78, 5) is 12.4. The quantitative estimate of drug-likeness (QED) is 0.855. The molecule has 2 N–H and O–H groups in total. The van der Waals surface area contributed by atoms with Crippen LogP contribution in [0.3, 0.4) is 0 Å². The summed E-state index contributed by atoms with van der Waals surface area (Å²) in [6.45, 7) is 5.89. The van der Waals surface area contributed by atoms with Gasteiger partial charge in [0.1, 0.15) is 5.75 Å². The summed E-state index contributed by atoms with van der Waals surface area (Å²) < 4.78 is 5.30. The monoisotopic (exact) mass is 312 g/mol. The van der Waals surface area contributed by atoms with Crippen LogP contribution < -0.4 is 15.4 Å². The van der Waals surface area contributed by atoms with Crippen molar-refractivity contribution >= 4 is 11.6 Å². The highest BCUT2D eigenvalue weighted by atomic mass is 16.5. The zero-order chi connectivity index (χ0) is 16.8. The Morgan fingerprint density at radius 3 is 2.43 bits per heavy atom. The summed E-state index contributed by atoms with van der Waals surface area (Å²) in [5.74, 6) is 0.573. The molecule has 0 bridgehead atoms. The van der Waals surface area contributed by atoms with Gasteiger partial charge in [0, 0.05) is 6.04 Å². The van der Waals surface area contributed by atoms with Gasteiger partial charge in [0.05, 0.1) is 18.8 Å². The number of aryl methyl sites for hydroxylation is 1. The molecule has 0 radical (unpaired) electrons. The lowest BCUT2D eigenvalue weighted by atomic mass is 10.1. The van der Waals surface area contributed by atoms with Crippen molar-refractivity contribution in [3.63, 3.8) is 0 Å². The van der Waals surface area contributed by atoms with E-state index in [2.05, 4.69) is 10.6 Å². The van der Waals surface area contributed by atoms with E-state index in [1.54, 1.807) is 7.11 Å². The molecule has 2 aromatic rings. The molecule has 0 aliphatic rings. The minimum atomic E-state index is -0.324. The van der Waals surface area contributed by atoms with Gasteiger partial charge in [-0.2, -0.15) is 0 Å². The number of nitrogens with one attached hydrogen (secondary N) is 2. The molecule has 0 aliphatic heterocycles. The third-order valence-electron chi connectivity index (χ3n) is 3.81. The van der Waals surface area contributed by atoms with Crippen LogP contribution in [0, 0.1) is 6.92 Å². The van der Waals surface area contributed by atoms with Gasteiger partial charge in [-0.3, -0.25) is 10.1 Å². The first kappa shape index (κ1) is 17.0. The van der Waals surface area contributed by atoms with Crippen molar-refractivity contribution in [2.45, 2.75) is 32.9 Å². The lowest BCUT2D eigenvalue weighted by molar-refractivity contribution is -0.117. The van der Waals surface area contributed by atoms with E-state index >= 15 is 0 Å². The van der Waals surface area contributed by atoms with Gasteiger partial charge in [0.2, 0.25) is 5.91 Å². The third kappa shape index (κ3) is 4.57. The molecule has 2 rings (SSSR count). The number of hydrogen-bond donors (Lipinski definition) is 2. The van der Waals surface area contributed by atoms with Gasteiger partial charge in [-0.25, -0.2) is 0 Å². The summed E-state index contributed by atoms with van der Waals surface area (Å²) in [7, 11) is 1.60. The molecule has 122 valence electrons. The Bertz CT molecular complexity index is 656. The number of hydrogen-bond acceptors (Lipinski definition) is 3. The van der Waals surface area contributed by atoms with Crippen LogP contribution in [0.1, 0.15) is 31.0 Å². The molecule has 0 spiro atoms. The maximum atomic E-state index is 12.4. The van der Waals surface area contributed by atoms with Gasteiger partial charge >= 0.3 is 0 Å². The zero-order valence-electron chi connectivity index (χ0n) is 14.1. The van der Waals surface area contributed by atoms with Crippen molar-refractivity contribution in [3.05, 3.63) is 59.7 Å². The lowest BCUT2D eigenvalue weighted by Crippen LogP contribution is -2.39. The second kappa shape index (κ2) is 7.79. The summed E-state index contributed by atoms with van der Waals surface area (Å²) in [5.41, 5.74) is 2.91. The molecular weight excluding hydrogens is 288 g/mol. The largest absolute Gasteiger partial charge is 0.495 e. The predicted octanol–water partition coefficient (Wildman–Crippen LogP) is 3.68. The molecular formula is C19H24N2O2. The van der Waals surface area contributed by atoms with Crippen LogP contribution in [0.4, 0.5) is 5.69 Å². The fraction of sp³-hybridized carbons (Fsp3) is 0.316. The highest BCUT2D eigenvalue weighted by Gasteiger charge is 2.17. The third-order valence-corrected chi connectivity index (χ3v) is 3.81. The first-order chi connectivity index (χ1) is 11.0. The molecule has 0 unspecified atom stereocenters. The van der Waals surface area contributed by atoms with Crippen LogP contribution in [0.5, 0.6) is 5.75 Å². The molecule has 0 aliphatic carbocycles. The molecule has 0 aromatic heterocycles. The zero-order valence-corrected chi connectivity index (χ0v) is 14.1. The number of amides is 1. The lowest BCUT2D eigenvalue weighted by Gasteiger charge is -2.20. The molecule has 4 nitrogen and oxygen atoms in total. The van der Waals surface area contributed by atoms with Crippen LogP contribution in [-0.4, -0.2) is 19.1 Å². The smallest absolute Gasteiger partial charge is 0.241 e. The second-order valence-corrected chi connectivity index (χ2v) is 5.71. The topological polar surface area (TPSA) is 50.4 Å². The van der Waals surface area contributed by atoms with Gasteiger partial charge < -0.3 is 10.1 Å². The van der Waals surface area contributed by atoms with E-state index in [1.807, 2.05) is 69.3 Å². The van der Waals surface area contributed by atoms with Crippen molar-refractivity contribution < 1.29 is 9.53 Å². The van der Waals surface area contributed by atoms with Crippen molar-refractivity contribution in [3.8, 4) is 5.75 Å². The van der Waals surface area contributed by atoms with Crippen LogP contribution >= 0.6 is 0 Å². The van der Waals surface area contributed by atoms with Gasteiger partial charge in [-0.15, -0.1) is 0 Å². The van der Waals surface area contributed by atoms with Crippen molar-refractivity contribution in [1.29, 1.82) is 0 Å². The minimum absolute atomic E-state index is 0.0864.